The molecule has 0 saturated carbocycles. The number of ether oxygens (including phenoxy) is 2. The Morgan fingerprint density at radius 3 is 2.89 bits per heavy atom. The van der Waals surface area contributed by atoms with Gasteiger partial charge in [0.25, 0.3) is 0 Å². The summed E-state index contributed by atoms with van der Waals surface area (Å²) in [6, 6.07) is 4.12. The van der Waals surface area contributed by atoms with Crippen molar-refractivity contribution in [2.45, 2.75) is 31.8 Å². The zero-order valence-corrected chi connectivity index (χ0v) is 14.6. The fraction of sp³-hybridized carbons (Fsp3) is 0.353. The van der Waals surface area contributed by atoms with Gasteiger partial charge in [-0.2, -0.15) is 13.2 Å². The Hall–Kier alpha value is -3.11. The van der Waals surface area contributed by atoms with Crippen LogP contribution in [0.3, 0.4) is 0 Å². The number of carbonyl (C=O) groups excluding carboxylic acids is 1. The molecule has 0 fully saturated rings. The van der Waals surface area contributed by atoms with Crippen LogP contribution in [0.2, 0.25) is 0 Å². The molecule has 0 aliphatic carbocycles. The van der Waals surface area contributed by atoms with E-state index < -0.39 is 30.2 Å². The molecule has 1 aliphatic heterocycles. The highest BCUT2D eigenvalue weighted by Gasteiger charge is 2.38. The Labute approximate surface area is 157 Å². The molecule has 3 rings (SSSR count). The minimum absolute atomic E-state index is 0.0747. The molecule has 0 bridgehead atoms. The van der Waals surface area contributed by atoms with Crippen molar-refractivity contribution in [3.05, 3.63) is 47.7 Å². The summed E-state index contributed by atoms with van der Waals surface area (Å²) >= 11 is 0. The van der Waals surface area contributed by atoms with Gasteiger partial charge in [-0.1, -0.05) is 0 Å². The molecule has 150 valence electrons. The predicted molar refractivity (Wildman–Crippen MR) is 88.2 cm³/mol. The van der Waals surface area contributed by atoms with Crippen LogP contribution >= 0.6 is 0 Å². The van der Waals surface area contributed by atoms with Crippen LogP contribution in [0.15, 0.2) is 30.6 Å². The number of nitrogens with one attached hydrogen (secondary N) is 2. The van der Waals surface area contributed by atoms with Gasteiger partial charge in [-0.15, -0.1) is 0 Å². The molecule has 0 radical (unpaired) electrons. The van der Waals surface area contributed by atoms with E-state index >= 15 is 0 Å². The maximum absolute atomic E-state index is 13.4. The first-order chi connectivity index (χ1) is 13.2. The first-order valence-corrected chi connectivity index (χ1v) is 8.23. The number of aromatic nitrogens is 2. The first-order valence-electron chi connectivity index (χ1n) is 8.23. The van der Waals surface area contributed by atoms with Crippen LogP contribution in [0.5, 0.6) is 11.6 Å². The summed E-state index contributed by atoms with van der Waals surface area (Å²) in [6.07, 6.45) is -5.52. The second-order valence-corrected chi connectivity index (χ2v) is 6.02. The number of alkyl halides is 3. The number of carbonyl (C=O) groups is 1. The van der Waals surface area contributed by atoms with E-state index in [0.717, 1.165) is 13.3 Å². The fourth-order valence-corrected chi connectivity index (χ4v) is 2.47. The van der Waals surface area contributed by atoms with Crippen molar-refractivity contribution in [1.29, 1.82) is 0 Å². The normalized spacial score (nSPS) is 16.7. The summed E-state index contributed by atoms with van der Waals surface area (Å²) in [5, 5.41) is 5.15. The molecule has 2 amide bonds. The SMILES string of the molecule is CC(Oc1cc(CNC(=O)NC2COc3ccc(F)cc32)ncn1)C(F)(F)F. The van der Waals surface area contributed by atoms with Gasteiger partial charge >= 0.3 is 12.2 Å². The second kappa shape index (κ2) is 7.87. The van der Waals surface area contributed by atoms with Gasteiger partial charge in [0.15, 0.2) is 6.10 Å². The third kappa shape index (κ3) is 4.78. The Morgan fingerprint density at radius 1 is 1.36 bits per heavy atom. The van der Waals surface area contributed by atoms with Crippen molar-refractivity contribution < 1.29 is 31.8 Å². The number of halogens is 4. The van der Waals surface area contributed by atoms with Gasteiger partial charge in [0.05, 0.1) is 18.3 Å². The monoisotopic (exact) mass is 400 g/mol. The summed E-state index contributed by atoms with van der Waals surface area (Å²) in [5.74, 6) is -0.216. The largest absolute Gasteiger partial charge is 0.491 e. The van der Waals surface area contributed by atoms with E-state index in [1.54, 1.807) is 0 Å². The molecule has 1 aliphatic rings. The summed E-state index contributed by atoms with van der Waals surface area (Å²) < 4.78 is 61.1. The number of urea groups is 1. The standard InChI is InChI=1S/C17H16F4N4O3/c1-9(17(19,20)21)28-15-5-11(23-8-24-15)6-22-16(26)25-13-7-27-14-3-2-10(18)4-12(13)14/h2-5,8-9,13H,6-7H2,1H3,(H2,22,25,26). The van der Waals surface area contributed by atoms with E-state index in [4.69, 9.17) is 9.47 Å². The fourth-order valence-electron chi connectivity index (χ4n) is 2.47. The molecule has 2 unspecified atom stereocenters. The third-order valence-electron chi connectivity index (χ3n) is 3.95. The summed E-state index contributed by atoms with van der Waals surface area (Å²) in [7, 11) is 0. The number of rotatable bonds is 5. The molecule has 2 aromatic rings. The molecule has 0 saturated heterocycles. The molecular weight excluding hydrogens is 384 g/mol. The molecule has 7 nitrogen and oxygen atoms in total. The predicted octanol–water partition coefficient (Wildman–Crippen LogP) is 2.88. The lowest BCUT2D eigenvalue weighted by molar-refractivity contribution is -0.190. The molecule has 2 atom stereocenters. The number of amides is 2. The van der Waals surface area contributed by atoms with E-state index in [1.807, 2.05) is 0 Å². The summed E-state index contributed by atoms with van der Waals surface area (Å²) in [6.45, 7) is 0.944. The van der Waals surface area contributed by atoms with Crippen LogP contribution in [-0.4, -0.2) is 34.9 Å². The topological polar surface area (TPSA) is 85.4 Å². The first kappa shape index (κ1) is 19.6. The Balaban J connectivity index is 1.54. The van der Waals surface area contributed by atoms with Gasteiger partial charge in [-0.25, -0.2) is 19.2 Å². The van der Waals surface area contributed by atoms with Crippen molar-refractivity contribution >= 4 is 6.03 Å². The molecule has 2 heterocycles. The zero-order chi connectivity index (χ0) is 20.3. The van der Waals surface area contributed by atoms with E-state index in [1.165, 1.54) is 24.3 Å². The minimum Gasteiger partial charge on any atom is -0.491 e. The average Bonchev–Trinajstić information content (AvgIpc) is 3.01. The van der Waals surface area contributed by atoms with Crippen LogP contribution in [0.1, 0.15) is 24.2 Å². The van der Waals surface area contributed by atoms with Crippen molar-refractivity contribution in [2.24, 2.45) is 0 Å². The Morgan fingerprint density at radius 2 is 2.14 bits per heavy atom. The van der Waals surface area contributed by atoms with Crippen molar-refractivity contribution in [2.75, 3.05) is 6.61 Å². The van der Waals surface area contributed by atoms with Crippen LogP contribution in [0.25, 0.3) is 0 Å². The number of benzene rings is 1. The van der Waals surface area contributed by atoms with E-state index in [-0.39, 0.29) is 24.7 Å². The number of hydrogen-bond acceptors (Lipinski definition) is 5. The van der Waals surface area contributed by atoms with Crippen molar-refractivity contribution in [3.8, 4) is 11.6 Å². The van der Waals surface area contributed by atoms with Crippen LogP contribution in [0, 0.1) is 5.82 Å². The molecule has 28 heavy (non-hydrogen) atoms. The third-order valence-corrected chi connectivity index (χ3v) is 3.95. The minimum atomic E-state index is -4.53. The second-order valence-electron chi connectivity index (χ2n) is 6.02. The summed E-state index contributed by atoms with van der Waals surface area (Å²) in [4.78, 5) is 19.6. The molecule has 2 N–H and O–H groups in total. The number of fused-ring (bicyclic) bond motifs is 1. The Bertz CT molecular complexity index is 863. The lowest BCUT2D eigenvalue weighted by Crippen LogP contribution is -2.38. The molecular formula is C17H16F4N4O3. The van der Waals surface area contributed by atoms with E-state index in [9.17, 15) is 22.4 Å². The Kier molecular flexibility index (Phi) is 5.52. The van der Waals surface area contributed by atoms with Crippen molar-refractivity contribution in [3.63, 3.8) is 0 Å². The van der Waals surface area contributed by atoms with E-state index in [0.29, 0.717) is 11.3 Å². The number of nitrogens with zero attached hydrogens (tertiary/aromatic N) is 2. The zero-order valence-electron chi connectivity index (χ0n) is 14.6. The summed E-state index contributed by atoms with van der Waals surface area (Å²) in [5.41, 5.74) is 0.776. The highest BCUT2D eigenvalue weighted by atomic mass is 19.4. The molecule has 11 heteroatoms. The highest BCUT2D eigenvalue weighted by molar-refractivity contribution is 5.74. The number of hydrogen-bond donors (Lipinski definition) is 2. The van der Waals surface area contributed by atoms with Gasteiger partial charge in [-0.05, 0) is 25.1 Å². The maximum atomic E-state index is 13.4. The lowest BCUT2D eigenvalue weighted by Gasteiger charge is -2.17. The molecule has 1 aromatic heterocycles. The smallest absolute Gasteiger partial charge is 0.425 e. The lowest BCUT2D eigenvalue weighted by atomic mass is 10.1. The molecule has 1 aromatic carbocycles. The van der Waals surface area contributed by atoms with Gasteiger partial charge in [-0.3, -0.25) is 0 Å². The van der Waals surface area contributed by atoms with Crippen LogP contribution in [0.4, 0.5) is 22.4 Å². The van der Waals surface area contributed by atoms with Gasteiger partial charge in [0.2, 0.25) is 5.88 Å². The van der Waals surface area contributed by atoms with Crippen LogP contribution in [-0.2, 0) is 6.54 Å². The quantitative estimate of drug-likeness (QED) is 0.754. The van der Waals surface area contributed by atoms with Crippen molar-refractivity contribution in [1.82, 2.24) is 20.6 Å². The van der Waals surface area contributed by atoms with Crippen LogP contribution < -0.4 is 20.1 Å². The van der Waals surface area contributed by atoms with E-state index in [2.05, 4.69) is 20.6 Å². The maximum Gasteiger partial charge on any atom is 0.425 e. The van der Waals surface area contributed by atoms with Gasteiger partial charge in [0, 0.05) is 11.6 Å². The average molecular weight is 400 g/mol. The highest BCUT2D eigenvalue weighted by Crippen LogP contribution is 2.32. The van der Waals surface area contributed by atoms with Gasteiger partial charge < -0.3 is 20.1 Å². The molecule has 0 spiro atoms. The van der Waals surface area contributed by atoms with Gasteiger partial charge in [0.1, 0.15) is 24.5 Å².